The van der Waals surface area contributed by atoms with Crippen LogP contribution < -0.4 is 4.74 Å². The van der Waals surface area contributed by atoms with E-state index in [1.165, 1.54) is 21.2 Å². The lowest BCUT2D eigenvalue weighted by Crippen LogP contribution is -2.45. The number of carbonyl (C=O) groups is 2. The molecule has 214 valence electrons. The van der Waals surface area contributed by atoms with Crippen LogP contribution in [0.2, 0.25) is 0 Å². The average molecular weight is 567 g/mol. The van der Waals surface area contributed by atoms with Gasteiger partial charge in [0.2, 0.25) is 0 Å². The molecule has 1 aliphatic heterocycles. The highest BCUT2D eigenvalue weighted by molar-refractivity contribution is 7.17. The first kappa shape index (κ1) is 29.6. The minimum absolute atomic E-state index is 0.296. The van der Waals surface area contributed by atoms with E-state index in [0.717, 1.165) is 41.7 Å². The van der Waals surface area contributed by atoms with Gasteiger partial charge in [-0.2, -0.15) is 0 Å². The second-order valence-electron chi connectivity index (χ2n) is 10.7. The summed E-state index contributed by atoms with van der Waals surface area (Å²) in [5, 5.41) is 31.2. The quantitative estimate of drug-likeness (QED) is 0.198. The SMILES string of the molecule is Cc1cc2c(OC[C@@H](O)CN3CC[C@H](c4ccc5scc(C)c5c4)C[C@@H]3C)cccc2[nH]1.O=C(O)CCC(=O)O. The first-order valence-electron chi connectivity index (χ1n) is 13.6. The normalized spacial score (nSPS) is 18.3. The predicted octanol–water partition coefficient (Wildman–Crippen LogP) is 5.94. The Hall–Kier alpha value is -3.40. The number of carboxylic acids is 2. The highest BCUT2D eigenvalue weighted by Gasteiger charge is 2.28. The topological polar surface area (TPSA) is 123 Å². The van der Waals surface area contributed by atoms with Crippen LogP contribution in [-0.2, 0) is 9.59 Å². The average Bonchev–Trinajstić information content (AvgIpc) is 3.49. The molecule has 2 aromatic carbocycles. The number of likely N-dealkylation sites (tertiary alicyclic amines) is 1. The monoisotopic (exact) mass is 566 g/mol. The van der Waals surface area contributed by atoms with Gasteiger partial charge in [-0.05, 0) is 98.3 Å². The minimum Gasteiger partial charge on any atom is -0.490 e. The largest absolute Gasteiger partial charge is 0.490 e. The number of aliphatic hydroxyl groups excluding tert-OH is 1. The molecule has 4 N–H and O–H groups in total. The molecule has 5 rings (SSSR count). The van der Waals surface area contributed by atoms with Crippen LogP contribution in [0.3, 0.4) is 0 Å². The predicted molar refractivity (Wildman–Crippen MR) is 159 cm³/mol. The fourth-order valence-electron chi connectivity index (χ4n) is 5.34. The summed E-state index contributed by atoms with van der Waals surface area (Å²) in [6, 6.07) is 15.6. The Balaban J connectivity index is 0.000000406. The number of aromatic amines is 1. The Morgan fingerprint density at radius 1 is 1.10 bits per heavy atom. The number of carboxylic acid groups (broad SMARTS) is 2. The highest BCUT2D eigenvalue weighted by atomic mass is 32.1. The van der Waals surface area contributed by atoms with Gasteiger partial charge in [-0.15, -0.1) is 11.3 Å². The van der Waals surface area contributed by atoms with E-state index < -0.39 is 18.0 Å². The number of aryl methyl sites for hydroxylation is 2. The molecule has 1 aliphatic rings. The molecule has 0 saturated carbocycles. The van der Waals surface area contributed by atoms with Gasteiger partial charge < -0.3 is 25.0 Å². The lowest BCUT2D eigenvalue weighted by Gasteiger charge is -2.38. The minimum atomic E-state index is -1.08. The Morgan fingerprint density at radius 2 is 1.85 bits per heavy atom. The lowest BCUT2D eigenvalue weighted by atomic mass is 9.85. The fourth-order valence-corrected chi connectivity index (χ4v) is 6.26. The molecule has 8 nitrogen and oxygen atoms in total. The molecule has 3 heterocycles. The van der Waals surface area contributed by atoms with Crippen LogP contribution in [-0.4, -0.2) is 69.0 Å². The van der Waals surface area contributed by atoms with E-state index in [1.807, 2.05) is 30.4 Å². The third kappa shape index (κ3) is 7.62. The van der Waals surface area contributed by atoms with Crippen LogP contribution in [0.25, 0.3) is 21.0 Å². The summed E-state index contributed by atoms with van der Waals surface area (Å²) in [5.41, 5.74) is 5.03. The zero-order valence-corrected chi connectivity index (χ0v) is 24.0. The van der Waals surface area contributed by atoms with Crippen molar-refractivity contribution in [3.63, 3.8) is 0 Å². The van der Waals surface area contributed by atoms with Crippen LogP contribution in [0, 0.1) is 13.8 Å². The van der Waals surface area contributed by atoms with Crippen molar-refractivity contribution in [2.24, 2.45) is 0 Å². The van der Waals surface area contributed by atoms with E-state index in [9.17, 15) is 14.7 Å². The molecule has 0 aliphatic carbocycles. The molecule has 0 bridgehead atoms. The molecule has 40 heavy (non-hydrogen) atoms. The van der Waals surface area contributed by atoms with Gasteiger partial charge >= 0.3 is 11.9 Å². The van der Waals surface area contributed by atoms with Gasteiger partial charge in [0.05, 0.1) is 12.8 Å². The molecule has 1 saturated heterocycles. The summed E-state index contributed by atoms with van der Waals surface area (Å²) in [7, 11) is 0. The number of aromatic nitrogens is 1. The van der Waals surface area contributed by atoms with E-state index in [4.69, 9.17) is 14.9 Å². The maximum Gasteiger partial charge on any atom is 0.303 e. The Bertz CT molecular complexity index is 1450. The van der Waals surface area contributed by atoms with Crippen molar-refractivity contribution < 1.29 is 29.6 Å². The number of thiophene rings is 1. The third-order valence-electron chi connectivity index (χ3n) is 7.46. The molecule has 0 spiro atoms. The maximum absolute atomic E-state index is 10.7. The van der Waals surface area contributed by atoms with Gasteiger partial charge in [-0.25, -0.2) is 0 Å². The van der Waals surface area contributed by atoms with E-state index in [-0.39, 0.29) is 12.8 Å². The fraction of sp³-hybridized carbons (Fsp3) is 0.419. The molecule has 0 radical (unpaired) electrons. The summed E-state index contributed by atoms with van der Waals surface area (Å²) in [6.07, 6.45) is 1.16. The second-order valence-corrected chi connectivity index (χ2v) is 11.6. The molecular formula is C31H38N2O6S. The first-order valence-corrected chi connectivity index (χ1v) is 14.5. The van der Waals surface area contributed by atoms with E-state index in [0.29, 0.717) is 25.1 Å². The number of piperidine rings is 1. The number of rotatable bonds is 9. The van der Waals surface area contributed by atoms with E-state index >= 15 is 0 Å². The number of H-pyrrole nitrogens is 1. The number of nitrogens with zero attached hydrogens (tertiary/aromatic N) is 1. The second kappa shape index (κ2) is 13.3. The maximum atomic E-state index is 10.7. The van der Waals surface area contributed by atoms with Gasteiger partial charge in [-0.1, -0.05) is 12.1 Å². The van der Waals surface area contributed by atoms with E-state index in [2.05, 4.69) is 59.4 Å². The van der Waals surface area contributed by atoms with Crippen molar-refractivity contribution >= 4 is 44.3 Å². The van der Waals surface area contributed by atoms with Crippen molar-refractivity contribution in [1.29, 1.82) is 0 Å². The third-order valence-corrected chi connectivity index (χ3v) is 8.55. The van der Waals surface area contributed by atoms with Crippen LogP contribution in [0.15, 0.2) is 47.8 Å². The molecule has 1 fully saturated rings. The molecular weight excluding hydrogens is 528 g/mol. The van der Waals surface area contributed by atoms with Gasteiger partial charge in [0.15, 0.2) is 0 Å². The number of hydrogen-bond donors (Lipinski definition) is 4. The zero-order chi connectivity index (χ0) is 28.8. The van der Waals surface area contributed by atoms with Crippen LogP contribution >= 0.6 is 11.3 Å². The number of aliphatic carboxylic acids is 2. The number of benzene rings is 2. The van der Waals surface area contributed by atoms with Gasteiger partial charge in [0, 0.05) is 33.9 Å². The van der Waals surface area contributed by atoms with Crippen molar-refractivity contribution in [1.82, 2.24) is 9.88 Å². The molecule has 3 atom stereocenters. The Kier molecular flexibility index (Phi) is 9.84. The van der Waals surface area contributed by atoms with Crippen LogP contribution in [0.4, 0.5) is 0 Å². The van der Waals surface area contributed by atoms with Crippen molar-refractivity contribution in [2.45, 2.75) is 64.5 Å². The summed E-state index contributed by atoms with van der Waals surface area (Å²) in [5.74, 6) is -0.732. The molecule has 9 heteroatoms. The van der Waals surface area contributed by atoms with Gasteiger partial charge in [0.25, 0.3) is 0 Å². The molecule has 0 unspecified atom stereocenters. The van der Waals surface area contributed by atoms with Gasteiger partial charge in [0.1, 0.15) is 18.5 Å². The number of aliphatic hydroxyl groups is 1. The summed E-state index contributed by atoms with van der Waals surface area (Å²) >= 11 is 1.83. The zero-order valence-electron chi connectivity index (χ0n) is 23.2. The van der Waals surface area contributed by atoms with Crippen LogP contribution in [0.5, 0.6) is 5.75 Å². The standard InChI is InChI=1S/C27H32N2O2S.C4H6O4/c1-17-16-32-27-8-7-20(13-23(17)27)21-9-10-29(19(3)12-21)14-22(30)15-31-26-6-4-5-25-24(26)11-18(2)28-25;5-3(6)1-2-4(7)8/h4-8,11,13,16,19,21-22,28,30H,9-10,12,14-15H2,1-3H3;1-2H2,(H,5,6)(H,7,8)/t19-,21-,22-;/m0./s1. The summed E-state index contributed by atoms with van der Waals surface area (Å²) in [6.45, 7) is 8.51. The summed E-state index contributed by atoms with van der Waals surface area (Å²) < 4.78 is 7.39. The summed E-state index contributed by atoms with van der Waals surface area (Å²) in [4.78, 5) is 25.0. The highest BCUT2D eigenvalue weighted by Crippen LogP contribution is 2.35. The van der Waals surface area contributed by atoms with Crippen molar-refractivity contribution in [2.75, 3.05) is 19.7 Å². The van der Waals surface area contributed by atoms with E-state index in [1.54, 1.807) is 0 Å². The van der Waals surface area contributed by atoms with Crippen molar-refractivity contribution in [3.05, 3.63) is 64.7 Å². The lowest BCUT2D eigenvalue weighted by molar-refractivity contribution is -0.143. The Morgan fingerprint density at radius 3 is 2.55 bits per heavy atom. The van der Waals surface area contributed by atoms with Gasteiger partial charge in [-0.3, -0.25) is 14.5 Å². The van der Waals surface area contributed by atoms with Crippen molar-refractivity contribution in [3.8, 4) is 5.75 Å². The molecule has 4 aromatic rings. The number of hydrogen-bond acceptors (Lipinski definition) is 6. The number of β-amino-alcohol motifs (C(OH)–C–C–N with tert-alkyl or cyclic N) is 1. The number of ether oxygens (including phenoxy) is 1. The van der Waals surface area contributed by atoms with Crippen LogP contribution in [0.1, 0.15) is 55.3 Å². The number of nitrogens with one attached hydrogen (secondary N) is 1. The Labute approximate surface area is 238 Å². The first-order chi connectivity index (χ1) is 19.1. The number of fused-ring (bicyclic) bond motifs is 2. The molecule has 0 amide bonds. The smallest absolute Gasteiger partial charge is 0.303 e. The molecule has 2 aromatic heterocycles.